The summed E-state index contributed by atoms with van der Waals surface area (Å²) >= 11 is 0. The molecule has 4 heteroatoms. The van der Waals surface area contributed by atoms with Crippen LogP contribution in [0.2, 0.25) is 0 Å². The molecule has 2 rings (SSSR count). The summed E-state index contributed by atoms with van der Waals surface area (Å²) in [4.78, 5) is 0. The van der Waals surface area contributed by atoms with Gasteiger partial charge in [0.25, 0.3) is 0 Å². The van der Waals surface area contributed by atoms with Gasteiger partial charge in [-0.2, -0.15) is 0 Å². The van der Waals surface area contributed by atoms with Crippen molar-refractivity contribution in [3.63, 3.8) is 0 Å². The first kappa shape index (κ1) is 11.5. The first-order valence-electron chi connectivity index (χ1n) is 5.46. The maximum atomic E-state index is 13.0. The molecule has 1 aromatic carbocycles. The van der Waals surface area contributed by atoms with Crippen molar-refractivity contribution in [2.24, 2.45) is 11.7 Å². The van der Waals surface area contributed by atoms with E-state index in [9.17, 15) is 8.78 Å². The third-order valence-corrected chi connectivity index (χ3v) is 2.97. The third-order valence-electron chi connectivity index (χ3n) is 2.97. The molecule has 0 radical (unpaired) electrons. The largest absolute Gasteiger partial charge is 0.381 e. The average Bonchev–Trinajstić information content (AvgIpc) is 2.28. The lowest BCUT2D eigenvalue weighted by molar-refractivity contribution is 0.0447. The Labute approximate surface area is 93.4 Å². The van der Waals surface area contributed by atoms with Gasteiger partial charge in [-0.15, -0.1) is 0 Å². The predicted molar refractivity (Wildman–Crippen MR) is 56.8 cm³/mol. The molecule has 2 nitrogen and oxygen atoms in total. The quantitative estimate of drug-likeness (QED) is 0.842. The standard InChI is InChI=1S/C12H15F2NO/c13-10-4-9(5-11(14)6-10)12(15)8-2-1-3-16-7-8/h4-6,8,12H,1-3,7,15H2. The number of benzene rings is 1. The van der Waals surface area contributed by atoms with E-state index in [0.717, 1.165) is 25.5 Å². The van der Waals surface area contributed by atoms with Crippen molar-refractivity contribution >= 4 is 0 Å². The lowest BCUT2D eigenvalue weighted by atomic mass is 9.89. The lowest BCUT2D eigenvalue weighted by Gasteiger charge is -2.27. The second-order valence-electron chi connectivity index (χ2n) is 4.21. The molecule has 1 aromatic rings. The number of hydrogen-bond acceptors (Lipinski definition) is 2. The van der Waals surface area contributed by atoms with Crippen LogP contribution in [-0.2, 0) is 4.74 Å². The fraction of sp³-hybridized carbons (Fsp3) is 0.500. The first-order valence-corrected chi connectivity index (χ1v) is 5.46. The van der Waals surface area contributed by atoms with E-state index in [-0.39, 0.29) is 12.0 Å². The van der Waals surface area contributed by atoms with Gasteiger partial charge < -0.3 is 10.5 Å². The summed E-state index contributed by atoms with van der Waals surface area (Å²) in [5, 5.41) is 0. The topological polar surface area (TPSA) is 35.2 Å². The van der Waals surface area contributed by atoms with Gasteiger partial charge in [-0.25, -0.2) is 8.78 Å². The Morgan fingerprint density at radius 3 is 2.50 bits per heavy atom. The van der Waals surface area contributed by atoms with Gasteiger partial charge in [0.2, 0.25) is 0 Å². The van der Waals surface area contributed by atoms with E-state index < -0.39 is 11.6 Å². The molecular formula is C12H15F2NO. The summed E-state index contributed by atoms with van der Waals surface area (Å²) in [6.45, 7) is 1.32. The molecule has 2 unspecified atom stereocenters. The highest BCUT2D eigenvalue weighted by atomic mass is 19.1. The van der Waals surface area contributed by atoms with E-state index in [2.05, 4.69) is 0 Å². The van der Waals surface area contributed by atoms with Crippen LogP contribution in [0.5, 0.6) is 0 Å². The van der Waals surface area contributed by atoms with Crippen LogP contribution in [0, 0.1) is 17.6 Å². The Balaban J connectivity index is 2.15. The lowest BCUT2D eigenvalue weighted by Crippen LogP contribution is -2.29. The molecule has 16 heavy (non-hydrogen) atoms. The summed E-state index contributed by atoms with van der Waals surface area (Å²) in [5.74, 6) is -1.01. The van der Waals surface area contributed by atoms with Crippen molar-refractivity contribution in [2.75, 3.05) is 13.2 Å². The van der Waals surface area contributed by atoms with Crippen LogP contribution in [0.15, 0.2) is 18.2 Å². The van der Waals surface area contributed by atoms with E-state index in [1.807, 2.05) is 0 Å². The number of ether oxygens (including phenoxy) is 1. The fourth-order valence-corrected chi connectivity index (χ4v) is 2.09. The summed E-state index contributed by atoms with van der Waals surface area (Å²) < 4.78 is 31.4. The zero-order valence-electron chi connectivity index (χ0n) is 8.96. The maximum Gasteiger partial charge on any atom is 0.126 e. The fourth-order valence-electron chi connectivity index (χ4n) is 2.09. The molecule has 0 saturated carbocycles. The normalized spacial score (nSPS) is 23.1. The monoisotopic (exact) mass is 227 g/mol. The van der Waals surface area contributed by atoms with Crippen molar-refractivity contribution in [3.05, 3.63) is 35.4 Å². The van der Waals surface area contributed by atoms with Crippen molar-refractivity contribution in [1.82, 2.24) is 0 Å². The maximum absolute atomic E-state index is 13.0. The van der Waals surface area contributed by atoms with E-state index in [1.165, 1.54) is 12.1 Å². The number of halogens is 2. The van der Waals surface area contributed by atoms with Crippen LogP contribution in [0.4, 0.5) is 8.78 Å². The Morgan fingerprint density at radius 1 is 1.25 bits per heavy atom. The van der Waals surface area contributed by atoms with Crippen LogP contribution in [0.25, 0.3) is 0 Å². The zero-order valence-corrected chi connectivity index (χ0v) is 8.96. The van der Waals surface area contributed by atoms with E-state index >= 15 is 0 Å². The molecular weight excluding hydrogens is 212 g/mol. The Bertz CT molecular complexity index is 344. The van der Waals surface area contributed by atoms with Crippen LogP contribution >= 0.6 is 0 Å². The summed E-state index contributed by atoms with van der Waals surface area (Å²) in [6.07, 6.45) is 1.90. The predicted octanol–water partition coefficient (Wildman–Crippen LogP) is 2.39. The molecule has 1 fully saturated rings. The molecule has 2 N–H and O–H groups in total. The van der Waals surface area contributed by atoms with Crippen LogP contribution < -0.4 is 5.73 Å². The van der Waals surface area contributed by atoms with E-state index in [0.29, 0.717) is 12.2 Å². The molecule has 1 saturated heterocycles. The highest BCUT2D eigenvalue weighted by Crippen LogP contribution is 2.27. The van der Waals surface area contributed by atoms with Crippen LogP contribution in [0.1, 0.15) is 24.4 Å². The smallest absolute Gasteiger partial charge is 0.126 e. The zero-order chi connectivity index (χ0) is 11.5. The molecule has 0 bridgehead atoms. The molecule has 0 amide bonds. The average molecular weight is 227 g/mol. The molecule has 0 spiro atoms. The van der Waals surface area contributed by atoms with Crippen LogP contribution in [-0.4, -0.2) is 13.2 Å². The molecule has 88 valence electrons. The first-order chi connectivity index (χ1) is 7.66. The Hall–Kier alpha value is -1.00. The van der Waals surface area contributed by atoms with Gasteiger partial charge in [-0.3, -0.25) is 0 Å². The molecule has 2 atom stereocenters. The SMILES string of the molecule is NC(c1cc(F)cc(F)c1)C1CCCOC1. The van der Waals surface area contributed by atoms with Gasteiger partial charge in [0.15, 0.2) is 0 Å². The van der Waals surface area contributed by atoms with Crippen molar-refractivity contribution < 1.29 is 13.5 Å². The number of nitrogens with two attached hydrogens (primary N) is 1. The molecule has 1 aliphatic heterocycles. The minimum Gasteiger partial charge on any atom is -0.381 e. The summed E-state index contributed by atoms with van der Waals surface area (Å²) in [7, 11) is 0. The van der Waals surface area contributed by atoms with Gasteiger partial charge in [-0.1, -0.05) is 0 Å². The van der Waals surface area contributed by atoms with Gasteiger partial charge >= 0.3 is 0 Å². The summed E-state index contributed by atoms with van der Waals surface area (Å²) in [6, 6.07) is 3.09. The van der Waals surface area contributed by atoms with Gasteiger partial charge in [0.1, 0.15) is 11.6 Å². The highest BCUT2D eigenvalue weighted by molar-refractivity contribution is 5.21. The van der Waals surface area contributed by atoms with Crippen molar-refractivity contribution in [3.8, 4) is 0 Å². The molecule has 0 aliphatic carbocycles. The Morgan fingerprint density at radius 2 is 1.94 bits per heavy atom. The Kier molecular flexibility index (Phi) is 3.51. The molecule has 1 aliphatic rings. The second kappa shape index (κ2) is 4.89. The van der Waals surface area contributed by atoms with Crippen molar-refractivity contribution in [1.29, 1.82) is 0 Å². The van der Waals surface area contributed by atoms with Crippen molar-refractivity contribution in [2.45, 2.75) is 18.9 Å². The van der Waals surface area contributed by atoms with Gasteiger partial charge in [0.05, 0.1) is 6.61 Å². The molecule has 1 heterocycles. The second-order valence-corrected chi connectivity index (χ2v) is 4.21. The minimum atomic E-state index is -0.581. The van der Waals surface area contributed by atoms with E-state index in [4.69, 9.17) is 10.5 Å². The van der Waals surface area contributed by atoms with Gasteiger partial charge in [-0.05, 0) is 30.5 Å². The number of rotatable bonds is 2. The highest BCUT2D eigenvalue weighted by Gasteiger charge is 2.23. The third kappa shape index (κ3) is 2.57. The van der Waals surface area contributed by atoms with Gasteiger partial charge in [0, 0.05) is 24.6 Å². The van der Waals surface area contributed by atoms with E-state index in [1.54, 1.807) is 0 Å². The minimum absolute atomic E-state index is 0.148. The summed E-state index contributed by atoms with van der Waals surface area (Å²) in [5.41, 5.74) is 6.50. The molecule has 0 aromatic heterocycles. The number of hydrogen-bond donors (Lipinski definition) is 1. The van der Waals surface area contributed by atoms with Crippen LogP contribution in [0.3, 0.4) is 0 Å².